The molecule has 0 aliphatic rings. The molecule has 0 atom stereocenters. The van der Waals surface area contributed by atoms with Crippen molar-refractivity contribution in [2.45, 2.75) is 6.92 Å². The first-order valence-electron chi connectivity index (χ1n) is 6.66. The Kier molecular flexibility index (Phi) is 3.44. The molecule has 0 unspecified atom stereocenters. The van der Waals surface area contributed by atoms with Gasteiger partial charge in [-0.3, -0.25) is 0 Å². The van der Waals surface area contributed by atoms with Crippen molar-refractivity contribution >= 4 is 0 Å². The molecule has 3 rings (SSSR count). The van der Waals surface area contributed by atoms with Crippen molar-refractivity contribution in [3.63, 3.8) is 0 Å². The van der Waals surface area contributed by atoms with Crippen LogP contribution in [0.3, 0.4) is 0 Å². The van der Waals surface area contributed by atoms with E-state index in [-0.39, 0.29) is 0 Å². The van der Waals surface area contributed by atoms with Gasteiger partial charge in [0.05, 0.1) is 11.6 Å². The average Bonchev–Trinajstić information content (AvgIpc) is 2.56. The summed E-state index contributed by atoms with van der Waals surface area (Å²) in [5.41, 5.74) is 4.99. The molecule has 2 aromatic carbocycles. The van der Waals surface area contributed by atoms with Crippen LogP contribution in [0.4, 0.5) is 0 Å². The van der Waals surface area contributed by atoms with Gasteiger partial charge in [-0.25, -0.2) is 9.97 Å². The van der Waals surface area contributed by atoms with Crippen LogP contribution in [0.5, 0.6) is 0 Å². The van der Waals surface area contributed by atoms with Crippen molar-refractivity contribution in [2.24, 2.45) is 0 Å². The number of hydrogen-bond donors (Lipinski definition) is 0. The van der Waals surface area contributed by atoms with Crippen LogP contribution >= 0.6 is 0 Å². The third-order valence-corrected chi connectivity index (χ3v) is 3.35. The van der Waals surface area contributed by atoms with Crippen LogP contribution in [-0.4, -0.2) is 9.97 Å². The predicted molar refractivity (Wildman–Crippen MR) is 82.4 cm³/mol. The molecule has 0 bridgehead atoms. The molecule has 0 fully saturated rings. The second-order valence-electron chi connectivity index (χ2n) is 4.79. The van der Waals surface area contributed by atoms with Gasteiger partial charge < -0.3 is 0 Å². The van der Waals surface area contributed by atoms with Crippen molar-refractivity contribution < 1.29 is 0 Å². The minimum atomic E-state index is 0.673. The largest absolute Gasteiger partial charge is 0.241 e. The molecule has 3 aromatic rings. The molecule has 1 aromatic heterocycles. The highest BCUT2D eigenvalue weighted by Gasteiger charge is 2.01. The fraction of sp³-hybridized carbons (Fsp3) is 0.0556. The highest BCUT2D eigenvalue weighted by molar-refractivity contribution is 5.70. The van der Waals surface area contributed by atoms with E-state index in [9.17, 15) is 0 Å². The van der Waals surface area contributed by atoms with Crippen LogP contribution in [0, 0.1) is 18.3 Å². The van der Waals surface area contributed by atoms with E-state index in [2.05, 4.69) is 40.3 Å². The Bertz CT molecular complexity index is 780. The summed E-state index contributed by atoms with van der Waals surface area (Å²) in [4.78, 5) is 8.43. The summed E-state index contributed by atoms with van der Waals surface area (Å²) in [6.07, 6.45) is 3.66. The molecular weight excluding hydrogens is 258 g/mol. The third-order valence-electron chi connectivity index (χ3n) is 3.35. The summed E-state index contributed by atoms with van der Waals surface area (Å²) in [5.74, 6) is 0.771. The van der Waals surface area contributed by atoms with Crippen LogP contribution in [0.1, 0.15) is 11.4 Å². The molecule has 0 N–H and O–H groups in total. The number of nitrogens with zero attached hydrogens (tertiary/aromatic N) is 3. The van der Waals surface area contributed by atoms with Crippen molar-refractivity contribution in [1.29, 1.82) is 5.26 Å². The highest BCUT2D eigenvalue weighted by atomic mass is 14.8. The van der Waals surface area contributed by atoms with Gasteiger partial charge in [0.2, 0.25) is 0 Å². The standard InChI is InChI=1S/C18H13N3/c1-13-20-11-18(12-21-13)17-8-6-16(7-9-17)15-4-2-14(10-19)3-5-15/h2-9,11-12H,1H3. The maximum absolute atomic E-state index is 8.82. The minimum absolute atomic E-state index is 0.673. The molecule has 0 radical (unpaired) electrons. The summed E-state index contributed by atoms with van der Waals surface area (Å²) in [7, 11) is 0. The lowest BCUT2D eigenvalue weighted by molar-refractivity contribution is 1.06. The lowest BCUT2D eigenvalue weighted by Crippen LogP contribution is -1.87. The number of aromatic nitrogens is 2. The zero-order valence-electron chi connectivity index (χ0n) is 11.6. The number of nitriles is 1. The van der Waals surface area contributed by atoms with E-state index in [4.69, 9.17) is 5.26 Å². The molecule has 0 aliphatic heterocycles. The SMILES string of the molecule is Cc1ncc(-c2ccc(-c3ccc(C#N)cc3)cc2)cn1. The van der Waals surface area contributed by atoms with Crippen LogP contribution in [0.15, 0.2) is 60.9 Å². The van der Waals surface area contributed by atoms with Crippen LogP contribution in [0.25, 0.3) is 22.3 Å². The molecule has 3 heteroatoms. The van der Waals surface area contributed by atoms with E-state index >= 15 is 0 Å². The van der Waals surface area contributed by atoms with Crippen LogP contribution in [-0.2, 0) is 0 Å². The number of benzene rings is 2. The Hall–Kier alpha value is -2.99. The Labute approximate surface area is 123 Å². The van der Waals surface area contributed by atoms with Gasteiger partial charge in [0, 0.05) is 18.0 Å². The third kappa shape index (κ3) is 2.80. The summed E-state index contributed by atoms with van der Waals surface area (Å²) < 4.78 is 0. The first-order valence-corrected chi connectivity index (χ1v) is 6.66. The van der Waals surface area contributed by atoms with Crippen LogP contribution < -0.4 is 0 Å². The zero-order chi connectivity index (χ0) is 14.7. The normalized spacial score (nSPS) is 10.1. The molecule has 0 saturated heterocycles. The summed E-state index contributed by atoms with van der Waals surface area (Å²) in [5, 5.41) is 8.82. The van der Waals surface area contributed by atoms with E-state index in [0.717, 1.165) is 28.1 Å². The van der Waals surface area contributed by atoms with Crippen molar-refractivity contribution in [2.75, 3.05) is 0 Å². The molecule has 0 spiro atoms. The molecule has 0 aliphatic carbocycles. The minimum Gasteiger partial charge on any atom is -0.241 e. The van der Waals surface area contributed by atoms with Gasteiger partial charge in [0.25, 0.3) is 0 Å². The molecular formula is C18H13N3. The van der Waals surface area contributed by atoms with Gasteiger partial charge in [-0.2, -0.15) is 5.26 Å². The molecule has 1 heterocycles. The van der Waals surface area contributed by atoms with Gasteiger partial charge in [0.15, 0.2) is 0 Å². The molecule has 100 valence electrons. The summed E-state index contributed by atoms with van der Waals surface area (Å²) in [6.45, 7) is 1.87. The summed E-state index contributed by atoms with van der Waals surface area (Å²) >= 11 is 0. The smallest absolute Gasteiger partial charge is 0.125 e. The van der Waals surface area contributed by atoms with Crippen molar-refractivity contribution in [3.8, 4) is 28.3 Å². The lowest BCUT2D eigenvalue weighted by atomic mass is 10.0. The fourth-order valence-electron chi connectivity index (χ4n) is 2.13. The second kappa shape index (κ2) is 5.56. The highest BCUT2D eigenvalue weighted by Crippen LogP contribution is 2.24. The fourth-order valence-corrected chi connectivity index (χ4v) is 2.13. The van der Waals surface area contributed by atoms with E-state index in [0.29, 0.717) is 5.56 Å². The number of rotatable bonds is 2. The Morgan fingerprint density at radius 2 is 1.14 bits per heavy atom. The van der Waals surface area contributed by atoms with E-state index in [1.165, 1.54) is 0 Å². The average molecular weight is 271 g/mol. The predicted octanol–water partition coefficient (Wildman–Crippen LogP) is 3.99. The number of aryl methyl sites for hydroxylation is 1. The van der Waals surface area contributed by atoms with Gasteiger partial charge in [0.1, 0.15) is 5.82 Å². The van der Waals surface area contributed by atoms with Crippen molar-refractivity contribution in [3.05, 3.63) is 72.3 Å². The Balaban J connectivity index is 1.89. The van der Waals surface area contributed by atoms with Gasteiger partial charge in [-0.1, -0.05) is 36.4 Å². The first-order chi connectivity index (χ1) is 10.3. The monoisotopic (exact) mass is 271 g/mol. The Morgan fingerprint density at radius 3 is 1.62 bits per heavy atom. The lowest BCUT2D eigenvalue weighted by Gasteiger charge is -2.05. The van der Waals surface area contributed by atoms with E-state index < -0.39 is 0 Å². The van der Waals surface area contributed by atoms with E-state index in [1.807, 2.05) is 43.6 Å². The second-order valence-corrected chi connectivity index (χ2v) is 4.79. The van der Waals surface area contributed by atoms with Crippen LogP contribution in [0.2, 0.25) is 0 Å². The number of hydrogen-bond acceptors (Lipinski definition) is 3. The van der Waals surface area contributed by atoms with Gasteiger partial charge >= 0.3 is 0 Å². The first kappa shape index (κ1) is 13.0. The van der Waals surface area contributed by atoms with E-state index in [1.54, 1.807) is 0 Å². The maximum Gasteiger partial charge on any atom is 0.125 e. The Morgan fingerprint density at radius 1 is 0.714 bits per heavy atom. The quantitative estimate of drug-likeness (QED) is 0.708. The molecule has 0 saturated carbocycles. The van der Waals surface area contributed by atoms with Crippen molar-refractivity contribution in [1.82, 2.24) is 9.97 Å². The molecule has 3 nitrogen and oxygen atoms in total. The molecule has 0 amide bonds. The maximum atomic E-state index is 8.82. The van der Waals surface area contributed by atoms with Gasteiger partial charge in [-0.05, 0) is 35.7 Å². The zero-order valence-corrected chi connectivity index (χ0v) is 11.6. The molecule has 21 heavy (non-hydrogen) atoms. The topological polar surface area (TPSA) is 49.6 Å². The van der Waals surface area contributed by atoms with Gasteiger partial charge in [-0.15, -0.1) is 0 Å². The summed E-state index contributed by atoms with van der Waals surface area (Å²) in [6, 6.07) is 18.0.